The molecule has 0 bridgehead atoms. The predicted octanol–water partition coefficient (Wildman–Crippen LogP) is 12.2. The molecule has 47 heavy (non-hydrogen) atoms. The lowest BCUT2D eigenvalue weighted by Crippen LogP contribution is -2.48. The molecule has 2 heteroatoms. The summed E-state index contributed by atoms with van der Waals surface area (Å²) in [4.78, 5) is 0. The van der Waals surface area contributed by atoms with Crippen LogP contribution in [0.2, 0.25) is 13.1 Å². The number of hydrogen-bond donors (Lipinski definition) is 0. The Kier molecular flexibility index (Phi) is 9.44. The molecule has 2 atom stereocenters. The van der Waals surface area contributed by atoms with E-state index in [4.69, 9.17) is 4.74 Å². The average Bonchev–Trinajstić information content (AvgIpc) is 3.44. The number of para-hydroxylation sites is 1. The zero-order valence-electron chi connectivity index (χ0n) is 29.4. The Balaban J connectivity index is 1.59. The van der Waals surface area contributed by atoms with Gasteiger partial charge in [0.2, 0.25) is 0 Å². The van der Waals surface area contributed by atoms with Crippen LogP contribution >= 0.6 is 0 Å². The van der Waals surface area contributed by atoms with Crippen molar-refractivity contribution in [2.75, 3.05) is 6.61 Å². The Bertz CT molecular complexity index is 1810. The van der Waals surface area contributed by atoms with Crippen molar-refractivity contribution >= 4 is 13.3 Å². The van der Waals surface area contributed by atoms with Crippen molar-refractivity contribution in [1.29, 1.82) is 0 Å². The second kappa shape index (κ2) is 13.5. The third kappa shape index (κ3) is 5.93. The molecule has 0 fully saturated rings. The SMILES string of the molecule is C=CCOc1c(C)cccc1[Si](C)(C)C1c2cc(-c3ccccc3C(C)CC)ccc2-c2ccc(-c3ccccc3C(C)CC)cc21. The maximum Gasteiger partial charge on any atom is 0.121 e. The first kappa shape index (κ1) is 32.8. The summed E-state index contributed by atoms with van der Waals surface area (Å²) in [5.74, 6) is 2.04. The lowest BCUT2D eigenvalue weighted by atomic mass is 9.89. The molecule has 0 saturated carbocycles. The van der Waals surface area contributed by atoms with Gasteiger partial charge in [-0.2, -0.15) is 0 Å². The smallest absolute Gasteiger partial charge is 0.121 e. The van der Waals surface area contributed by atoms with E-state index in [1.165, 1.54) is 66.4 Å². The molecule has 0 amide bonds. The van der Waals surface area contributed by atoms with Crippen LogP contribution in [0.15, 0.2) is 116 Å². The number of ether oxygens (including phenoxy) is 1. The number of aryl methyl sites for hydroxylation is 1. The van der Waals surface area contributed by atoms with E-state index in [-0.39, 0.29) is 5.54 Å². The van der Waals surface area contributed by atoms with E-state index in [0.717, 1.165) is 18.6 Å². The van der Waals surface area contributed by atoms with Crippen LogP contribution in [0.1, 0.15) is 85.7 Å². The van der Waals surface area contributed by atoms with Gasteiger partial charge in [-0.1, -0.05) is 157 Å². The van der Waals surface area contributed by atoms with Gasteiger partial charge in [0.05, 0.1) is 8.07 Å². The average molecular weight is 635 g/mol. The Morgan fingerprint density at radius 2 is 1.19 bits per heavy atom. The van der Waals surface area contributed by atoms with Crippen molar-refractivity contribution in [3.8, 4) is 39.1 Å². The van der Waals surface area contributed by atoms with Crippen LogP contribution in [0, 0.1) is 6.92 Å². The molecule has 1 aliphatic carbocycles. The molecule has 6 rings (SSSR count). The van der Waals surface area contributed by atoms with Crippen LogP contribution < -0.4 is 9.92 Å². The third-order valence-electron chi connectivity index (χ3n) is 10.8. The highest BCUT2D eigenvalue weighted by molar-refractivity contribution is 6.92. The van der Waals surface area contributed by atoms with Gasteiger partial charge in [-0.05, 0) is 98.0 Å². The Morgan fingerprint density at radius 3 is 1.68 bits per heavy atom. The normalized spacial score (nSPS) is 15.1. The van der Waals surface area contributed by atoms with Crippen LogP contribution in [0.25, 0.3) is 33.4 Å². The first-order valence-corrected chi connectivity index (χ1v) is 20.6. The summed E-state index contributed by atoms with van der Waals surface area (Å²) in [6.07, 6.45) is 4.10. The molecule has 0 aliphatic heterocycles. The van der Waals surface area contributed by atoms with Gasteiger partial charge in [0.15, 0.2) is 0 Å². The minimum Gasteiger partial charge on any atom is -0.489 e. The maximum atomic E-state index is 6.45. The summed E-state index contributed by atoms with van der Waals surface area (Å²) in [5, 5.41) is 1.37. The van der Waals surface area contributed by atoms with Gasteiger partial charge in [-0.15, -0.1) is 0 Å². The molecule has 5 aromatic rings. The molecule has 0 saturated heterocycles. The van der Waals surface area contributed by atoms with E-state index in [1.54, 1.807) is 0 Å². The van der Waals surface area contributed by atoms with Gasteiger partial charge in [-0.3, -0.25) is 0 Å². The Labute approximate surface area is 284 Å². The van der Waals surface area contributed by atoms with Crippen molar-refractivity contribution in [3.05, 3.63) is 144 Å². The highest BCUT2D eigenvalue weighted by atomic mass is 28.3. The van der Waals surface area contributed by atoms with Gasteiger partial charge in [0.1, 0.15) is 12.4 Å². The minimum atomic E-state index is -2.27. The summed E-state index contributed by atoms with van der Waals surface area (Å²) in [6.45, 7) is 21.0. The molecule has 240 valence electrons. The number of hydrogen-bond acceptors (Lipinski definition) is 1. The summed E-state index contributed by atoms with van der Waals surface area (Å²) in [5.41, 5.74) is 15.3. The molecular weight excluding hydrogens is 585 g/mol. The second-order valence-electron chi connectivity index (χ2n) is 14.1. The predicted molar refractivity (Wildman–Crippen MR) is 206 cm³/mol. The Morgan fingerprint density at radius 1 is 0.681 bits per heavy atom. The summed E-state index contributed by atoms with van der Waals surface area (Å²) >= 11 is 0. The molecule has 5 aromatic carbocycles. The second-order valence-corrected chi connectivity index (χ2v) is 18.7. The molecule has 1 nitrogen and oxygen atoms in total. The third-order valence-corrected chi connectivity index (χ3v) is 14.7. The molecule has 0 heterocycles. The molecule has 0 spiro atoms. The summed E-state index contributed by atoms with van der Waals surface area (Å²) in [6, 6.07) is 39.3. The minimum absolute atomic E-state index is 0.270. The van der Waals surface area contributed by atoms with Crippen molar-refractivity contribution in [1.82, 2.24) is 0 Å². The fraction of sp³-hybridized carbons (Fsp3) is 0.289. The van der Waals surface area contributed by atoms with Gasteiger partial charge in [-0.25, -0.2) is 0 Å². The summed E-state index contributed by atoms with van der Waals surface area (Å²) in [7, 11) is -2.27. The van der Waals surface area contributed by atoms with Gasteiger partial charge >= 0.3 is 0 Å². The van der Waals surface area contributed by atoms with Crippen LogP contribution in [0.5, 0.6) is 5.75 Å². The van der Waals surface area contributed by atoms with E-state index in [2.05, 4.69) is 157 Å². The molecule has 0 N–H and O–H groups in total. The summed E-state index contributed by atoms with van der Waals surface area (Å²) < 4.78 is 6.45. The molecule has 0 radical (unpaired) electrons. The van der Waals surface area contributed by atoms with Gasteiger partial charge in [0, 0.05) is 5.54 Å². The lowest BCUT2D eigenvalue weighted by Gasteiger charge is -2.34. The van der Waals surface area contributed by atoms with Gasteiger partial charge < -0.3 is 4.74 Å². The molecular formula is C45H50OSi. The molecule has 1 aliphatic rings. The van der Waals surface area contributed by atoms with Crippen LogP contribution in [0.4, 0.5) is 0 Å². The molecule has 0 aromatic heterocycles. The highest BCUT2D eigenvalue weighted by Crippen LogP contribution is 2.52. The van der Waals surface area contributed by atoms with Crippen LogP contribution in [0.3, 0.4) is 0 Å². The number of rotatable bonds is 11. The fourth-order valence-corrected chi connectivity index (χ4v) is 11.6. The molecule has 2 unspecified atom stereocenters. The monoisotopic (exact) mass is 634 g/mol. The van der Waals surface area contributed by atoms with Crippen molar-refractivity contribution < 1.29 is 4.74 Å². The highest BCUT2D eigenvalue weighted by Gasteiger charge is 2.44. The largest absolute Gasteiger partial charge is 0.489 e. The number of fused-ring (bicyclic) bond motifs is 3. The maximum absolute atomic E-state index is 6.45. The fourth-order valence-electron chi connectivity index (χ4n) is 7.84. The zero-order valence-corrected chi connectivity index (χ0v) is 30.4. The van der Waals surface area contributed by atoms with Crippen molar-refractivity contribution in [2.24, 2.45) is 0 Å². The standard InChI is InChI=1S/C45H50OSi/c1-9-27-46-44-32(6)17-16-22-43(44)47(7,8)45-41-28-33(37-20-14-12-18-35(37)30(4)10-2)23-25-39(41)40-26-24-34(29-42(40)45)38-21-15-13-19-36(38)31(5)11-3/h9,12-26,28-31,45H,1,10-11,27H2,2-8H3. The zero-order chi connectivity index (χ0) is 33.3. The Hall–Kier alpha value is -4.14. The van der Waals surface area contributed by atoms with Crippen molar-refractivity contribution in [3.63, 3.8) is 0 Å². The van der Waals surface area contributed by atoms with Crippen molar-refractivity contribution in [2.45, 2.75) is 77.9 Å². The first-order chi connectivity index (χ1) is 22.7. The van der Waals surface area contributed by atoms with E-state index in [1.807, 2.05) is 6.08 Å². The van der Waals surface area contributed by atoms with Gasteiger partial charge in [0.25, 0.3) is 0 Å². The van der Waals surface area contributed by atoms with E-state index >= 15 is 0 Å². The van der Waals surface area contributed by atoms with Crippen LogP contribution in [-0.2, 0) is 0 Å². The first-order valence-electron chi connectivity index (χ1n) is 17.5. The van der Waals surface area contributed by atoms with E-state index in [9.17, 15) is 0 Å². The topological polar surface area (TPSA) is 9.23 Å². The van der Waals surface area contributed by atoms with E-state index in [0.29, 0.717) is 18.4 Å². The number of benzene rings is 5. The quantitative estimate of drug-likeness (QED) is 0.104. The van der Waals surface area contributed by atoms with Crippen LogP contribution in [-0.4, -0.2) is 14.7 Å². The lowest BCUT2D eigenvalue weighted by molar-refractivity contribution is 0.363. The van der Waals surface area contributed by atoms with E-state index < -0.39 is 8.07 Å².